The fourth-order valence-corrected chi connectivity index (χ4v) is 4.74. The van der Waals surface area contributed by atoms with E-state index in [-0.39, 0.29) is 0 Å². The zero-order valence-corrected chi connectivity index (χ0v) is 19.4. The highest BCUT2D eigenvalue weighted by Crippen LogP contribution is 2.39. The van der Waals surface area contributed by atoms with Gasteiger partial charge in [-0.05, 0) is 30.7 Å². The number of aromatic nitrogens is 1. The molecule has 1 aromatic heterocycles. The fourth-order valence-electron chi connectivity index (χ4n) is 3.45. The molecule has 5 heteroatoms. The van der Waals surface area contributed by atoms with E-state index in [1.807, 2.05) is 54.6 Å². The average molecular weight is 457 g/mol. The molecule has 0 saturated heterocycles. The van der Waals surface area contributed by atoms with E-state index in [0.29, 0.717) is 27.1 Å². The standard InChI is InChI=1S/C27H21ClN2OS/c1-18-11-13-19(14-12-18)25-15-22(21-8-4-6-10-26(21)31-2)23(16-29)27(30-25)32-17-20-7-3-5-9-24(20)28/h3-15H,17H2,1-2H3. The number of halogens is 1. The van der Waals surface area contributed by atoms with E-state index >= 15 is 0 Å². The largest absolute Gasteiger partial charge is 0.496 e. The molecule has 0 bridgehead atoms. The lowest BCUT2D eigenvalue weighted by molar-refractivity contribution is 0.416. The lowest BCUT2D eigenvalue weighted by Crippen LogP contribution is -1.98. The van der Waals surface area contributed by atoms with Gasteiger partial charge in [0.25, 0.3) is 0 Å². The number of thioether (sulfide) groups is 1. The predicted molar refractivity (Wildman–Crippen MR) is 132 cm³/mol. The summed E-state index contributed by atoms with van der Waals surface area (Å²) in [7, 11) is 1.64. The van der Waals surface area contributed by atoms with Crippen LogP contribution < -0.4 is 4.74 Å². The molecule has 0 spiro atoms. The van der Waals surface area contributed by atoms with Gasteiger partial charge in [0, 0.05) is 27.5 Å². The number of hydrogen-bond donors (Lipinski definition) is 0. The minimum atomic E-state index is 0.530. The van der Waals surface area contributed by atoms with Crippen molar-refractivity contribution in [2.75, 3.05) is 7.11 Å². The summed E-state index contributed by atoms with van der Waals surface area (Å²) in [5.74, 6) is 1.33. The molecule has 4 aromatic rings. The van der Waals surface area contributed by atoms with Crippen LogP contribution in [0.2, 0.25) is 5.02 Å². The highest BCUT2D eigenvalue weighted by Gasteiger charge is 2.18. The van der Waals surface area contributed by atoms with E-state index in [1.165, 1.54) is 17.3 Å². The van der Waals surface area contributed by atoms with Gasteiger partial charge in [-0.25, -0.2) is 4.98 Å². The van der Waals surface area contributed by atoms with E-state index in [9.17, 15) is 5.26 Å². The van der Waals surface area contributed by atoms with Crippen LogP contribution >= 0.6 is 23.4 Å². The van der Waals surface area contributed by atoms with Crippen molar-refractivity contribution in [3.05, 3.63) is 101 Å². The Labute approximate surface area is 197 Å². The second-order valence-corrected chi connectivity index (χ2v) is 8.66. The van der Waals surface area contributed by atoms with Crippen LogP contribution in [-0.4, -0.2) is 12.1 Å². The van der Waals surface area contributed by atoms with Gasteiger partial charge < -0.3 is 4.74 Å². The zero-order valence-electron chi connectivity index (χ0n) is 17.8. The first kappa shape index (κ1) is 22.0. The number of pyridine rings is 1. The zero-order chi connectivity index (χ0) is 22.5. The maximum absolute atomic E-state index is 10.1. The second kappa shape index (κ2) is 9.91. The predicted octanol–water partition coefficient (Wildman–Crippen LogP) is 7.55. The minimum absolute atomic E-state index is 0.530. The van der Waals surface area contributed by atoms with E-state index in [1.54, 1.807) is 7.11 Å². The van der Waals surface area contributed by atoms with Crippen molar-refractivity contribution >= 4 is 23.4 Å². The van der Waals surface area contributed by atoms with Gasteiger partial charge in [0.2, 0.25) is 0 Å². The lowest BCUT2D eigenvalue weighted by atomic mass is 9.98. The Hall–Kier alpha value is -3.26. The first-order chi connectivity index (χ1) is 15.6. The number of nitrogens with zero attached hydrogens (tertiary/aromatic N) is 2. The highest BCUT2D eigenvalue weighted by molar-refractivity contribution is 7.98. The van der Waals surface area contributed by atoms with Crippen LogP contribution in [0.25, 0.3) is 22.4 Å². The van der Waals surface area contributed by atoms with E-state index < -0.39 is 0 Å². The van der Waals surface area contributed by atoms with Gasteiger partial charge in [-0.1, -0.05) is 77.8 Å². The van der Waals surface area contributed by atoms with Gasteiger partial charge >= 0.3 is 0 Å². The minimum Gasteiger partial charge on any atom is -0.496 e. The Morgan fingerprint density at radius 3 is 2.41 bits per heavy atom. The number of ether oxygens (including phenoxy) is 1. The molecule has 0 radical (unpaired) electrons. The third kappa shape index (κ3) is 4.65. The number of aryl methyl sites for hydroxylation is 1. The van der Waals surface area contributed by atoms with Crippen molar-refractivity contribution < 1.29 is 4.74 Å². The summed E-state index contributed by atoms with van der Waals surface area (Å²) in [5.41, 5.74) is 6.19. The molecule has 32 heavy (non-hydrogen) atoms. The molecule has 3 aromatic carbocycles. The molecule has 4 rings (SSSR count). The maximum Gasteiger partial charge on any atom is 0.126 e. The molecule has 0 unspecified atom stereocenters. The van der Waals surface area contributed by atoms with Crippen LogP contribution in [0.3, 0.4) is 0 Å². The van der Waals surface area contributed by atoms with Crippen LogP contribution in [-0.2, 0) is 5.75 Å². The van der Waals surface area contributed by atoms with Crippen molar-refractivity contribution in [1.29, 1.82) is 5.26 Å². The smallest absolute Gasteiger partial charge is 0.126 e. The summed E-state index contributed by atoms with van der Waals surface area (Å²) >= 11 is 7.87. The van der Waals surface area contributed by atoms with Crippen LogP contribution in [0, 0.1) is 18.3 Å². The second-order valence-electron chi connectivity index (χ2n) is 7.29. The van der Waals surface area contributed by atoms with E-state index in [0.717, 1.165) is 27.9 Å². The molecule has 0 amide bonds. The van der Waals surface area contributed by atoms with Crippen LogP contribution in [0.1, 0.15) is 16.7 Å². The monoisotopic (exact) mass is 456 g/mol. The molecule has 158 valence electrons. The van der Waals surface area contributed by atoms with E-state index in [4.69, 9.17) is 21.3 Å². The molecule has 1 heterocycles. The quantitative estimate of drug-likeness (QED) is 0.281. The molecule has 3 nitrogen and oxygen atoms in total. The number of rotatable bonds is 6. The number of benzene rings is 3. The highest BCUT2D eigenvalue weighted by atomic mass is 35.5. The summed E-state index contributed by atoms with van der Waals surface area (Å²) in [6, 6.07) is 28.1. The third-order valence-corrected chi connectivity index (χ3v) is 6.56. The van der Waals surface area contributed by atoms with Gasteiger partial charge in [0.15, 0.2) is 0 Å². The van der Waals surface area contributed by atoms with Crippen molar-refractivity contribution in [1.82, 2.24) is 4.98 Å². The summed E-state index contributed by atoms with van der Waals surface area (Å²) in [6.45, 7) is 2.06. The van der Waals surface area contributed by atoms with Crippen molar-refractivity contribution in [3.63, 3.8) is 0 Å². The summed E-state index contributed by atoms with van der Waals surface area (Å²) < 4.78 is 5.59. The Morgan fingerprint density at radius 2 is 1.69 bits per heavy atom. The molecule has 0 aliphatic carbocycles. The van der Waals surface area contributed by atoms with Crippen molar-refractivity contribution in [2.45, 2.75) is 17.7 Å². The van der Waals surface area contributed by atoms with Gasteiger partial charge in [0.05, 0.1) is 18.4 Å². The van der Waals surface area contributed by atoms with Gasteiger partial charge in [0.1, 0.15) is 16.8 Å². The number of hydrogen-bond acceptors (Lipinski definition) is 4. The topological polar surface area (TPSA) is 45.9 Å². The molecule has 0 aliphatic rings. The molecule has 0 atom stereocenters. The van der Waals surface area contributed by atoms with Gasteiger partial charge in [-0.15, -0.1) is 11.8 Å². The number of methoxy groups -OCH3 is 1. The van der Waals surface area contributed by atoms with E-state index in [2.05, 4.69) is 37.3 Å². The first-order valence-corrected chi connectivity index (χ1v) is 11.5. The Kier molecular flexibility index (Phi) is 6.80. The normalized spacial score (nSPS) is 10.6. The summed E-state index contributed by atoms with van der Waals surface area (Å²) in [4.78, 5) is 4.89. The maximum atomic E-state index is 10.1. The molecular weight excluding hydrogens is 436 g/mol. The Balaban J connectivity index is 1.87. The Bertz CT molecular complexity index is 1300. The van der Waals surface area contributed by atoms with Crippen molar-refractivity contribution in [3.8, 4) is 34.2 Å². The van der Waals surface area contributed by atoms with Crippen LogP contribution in [0.5, 0.6) is 5.75 Å². The lowest BCUT2D eigenvalue weighted by Gasteiger charge is -2.15. The van der Waals surface area contributed by atoms with Gasteiger partial charge in [-0.3, -0.25) is 0 Å². The Morgan fingerprint density at radius 1 is 0.969 bits per heavy atom. The summed E-state index contributed by atoms with van der Waals surface area (Å²) in [6.07, 6.45) is 0. The molecule has 0 N–H and O–H groups in total. The SMILES string of the molecule is COc1ccccc1-c1cc(-c2ccc(C)cc2)nc(SCc2ccccc2Cl)c1C#N. The molecule has 0 saturated carbocycles. The number of para-hydroxylation sites is 1. The molecule has 0 aliphatic heterocycles. The molecule has 0 fully saturated rings. The van der Waals surface area contributed by atoms with Crippen LogP contribution in [0.4, 0.5) is 0 Å². The fraction of sp³-hybridized carbons (Fsp3) is 0.111. The van der Waals surface area contributed by atoms with Gasteiger partial charge in [-0.2, -0.15) is 5.26 Å². The first-order valence-electron chi connectivity index (χ1n) is 10.1. The average Bonchev–Trinajstić information content (AvgIpc) is 2.83. The number of nitriles is 1. The van der Waals surface area contributed by atoms with Crippen molar-refractivity contribution in [2.24, 2.45) is 0 Å². The molecular formula is C27H21ClN2OS. The summed E-state index contributed by atoms with van der Waals surface area (Å²) in [5, 5.41) is 11.5. The van der Waals surface area contributed by atoms with Crippen LogP contribution in [0.15, 0.2) is 83.9 Å². The third-order valence-electron chi connectivity index (χ3n) is 5.16.